The number of piperidine rings is 1. The molecule has 1 amide bonds. The third kappa shape index (κ3) is 2.87. The predicted molar refractivity (Wildman–Crippen MR) is 67.4 cm³/mol. The van der Waals surface area contributed by atoms with Gasteiger partial charge in [-0.05, 0) is 47.4 Å². The van der Waals surface area contributed by atoms with Crippen molar-refractivity contribution in [1.29, 1.82) is 0 Å². The van der Waals surface area contributed by atoms with Crippen LogP contribution in [0.15, 0.2) is 16.6 Å². The summed E-state index contributed by atoms with van der Waals surface area (Å²) in [5.41, 5.74) is -0.532. The van der Waals surface area contributed by atoms with Crippen LogP contribution >= 0.6 is 15.9 Å². The molecule has 18 heavy (non-hydrogen) atoms. The summed E-state index contributed by atoms with van der Waals surface area (Å²) in [7, 11) is 0. The molecule has 0 saturated carbocycles. The molecular formula is C12H13BrF2N2O. The highest BCUT2D eigenvalue weighted by Crippen LogP contribution is 2.21. The average Bonchev–Trinajstić information content (AvgIpc) is 2.36. The number of nitrogens with one attached hydrogen (secondary N) is 2. The first-order valence-corrected chi connectivity index (χ1v) is 6.54. The summed E-state index contributed by atoms with van der Waals surface area (Å²) >= 11 is 2.94. The Morgan fingerprint density at radius 1 is 1.44 bits per heavy atom. The Kier molecular flexibility index (Phi) is 4.29. The topological polar surface area (TPSA) is 41.1 Å². The summed E-state index contributed by atoms with van der Waals surface area (Å²) in [5, 5.41) is 5.76. The highest BCUT2D eigenvalue weighted by molar-refractivity contribution is 9.10. The lowest BCUT2D eigenvalue weighted by molar-refractivity contribution is 0.0922. The molecule has 1 aliphatic rings. The number of halogens is 3. The maximum atomic E-state index is 13.7. The van der Waals surface area contributed by atoms with Crippen LogP contribution in [-0.2, 0) is 0 Å². The standard InChI is InChI=1S/C12H13BrF2N2O/c13-8-3-4-9(14)10(11(8)15)12(18)17-7-2-1-5-16-6-7/h3-4,7,16H,1-2,5-6H2,(H,17,18)/t7-/m1/s1. The fourth-order valence-electron chi connectivity index (χ4n) is 1.97. The van der Waals surface area contributed by atoms with Crippen molar-refractivity contribution >= 4 is 21.8 Å². The number of benzene rings is 1. The summed E-state index contributed by atoms with van der Waals surface area (Å²) in [6.45, 7) is 1.54. The van der Waals surface area contributed by atoms with Gasteiger partial charge in [0.25, 0.3) is 5.91 Å². The molecule has 1 atom stereocenters. The van der Waals surface area contributed by atoms with E-state index in [2.05, 4.69) is 26.6 Å². The van der Waals surface area contributed by atoms with Crippen molar-refractivity contribution in [3.05, 3.63) is 33.8 Å². The van der Waals surface area contributed by atoms with Crippen LogP contribution in [0.2, 0.25) is 0 Å². The van der Waals surface area contributed by atoms with Gasteiger partial charge in [0.2, 0.25) is 0 Å². The molecule has 0 radical (unpaired) electrons. The van der Waals surface area contributed by atoms with Crippen molar-refractivity contribution in [3.8, 4) is 0 Å². The van der Waals surface area contributed by atoms with Gasteiger partial charge in [-0.1, -0.05) is 0 Å². The Morgan fingerprint density at radius 2 is 2.22 bits per heavy atom. The molecule has 1 aliphatic heterocycles. The van der Waals surface area contributed by atoms with E-state index in [1.807, 2.05) is 0 Å². The third-order valence-corrected chi connectivity index (χ3v) is 3.52. The maximum Gasteiger partial charge on any atom is 0.257 e. The number of rotatable bonds is 2. The van der Waals surface area contributed by atoms with Gasteiger partial charge < -0.3 is 10.6 Å². The van der Waals surface area contributed by atoms with Crippen molar-refractivity contribution in [2.24, 2.45) is 0 Å². The van der Waals surface area contributed by atoms with E-state index >= 15 is 0 Å². The predicted octanol–water partition coefficient (Wildman–Crippen LogP) is 2.21. The van der Waals surface area contributed by atoms with Gasteiger partial charge in [-0.3, -0.25) is 4.79 Å². The molecular weight excluding hydrogens is 306 g/mol. The Bertz CT molecular complexity index is 462. The second-order valence-electron chi connectivity index (χ2n) is 4.23. The quantitative estimate of drug-likeness (QED) is 0.821. The van der Waals surface area contributed by atoms with E-state index in [4.69, 9.17) is 0 Å². The monoisotopic (exact) mass is 318 g/mol. The van der Waals surface area contributed by atoms with Crippen LogP contribution in [0.5, 0.6) is 0 Å². The Hall–Kier alpha value is -1.01. The van der Waals surface area contributed by atoms with E-state index in [1.165, 1.54) is 6.07 Å². The van der Waals surface area contributed by atoms with E-state index < -0.39 is 23.1 Å². The van der Waals surface area contributed by atoms with Crippen molar-refractivity contribution in [2.45, 2.75) is 18.9 Å². The summed E-state index contributed by atoms with van der Waals surface area (Å²) in [5.74, 6) is -2.42. The molecule has 2 rings (SSSR count). The molecule has 1 fully saturated rings. The molecule has 0 aromatic heterocycles. The smallest absolute Gasteiger partial charge is 0.257 e. The molecule has 6 heteroatoms. The van der Waals surface area contributed by atoms with Gasteiger partial charge in [-0.2, -0.15) is 0 Å². The van der Waals surface area contributed by atoms with Gasteiger partial charge in [0.1, 0.15) is 11.4 Å². The SMILES string of the molecule is O=C(N[C@@H]1CCCNC1)c1c(F)ccc(Br)c1F. The van der Waals surface area contributed by atoms with Crippen LogP contribution in [0.4, 0.5) is 8.78 Å². The average molecular weight is 319 g/mol. The van der Waals surface area contributed by atoms with E-state index in [1.54, 1.807) is 0 Å². The number of carbonyl (C=O) groups is 1. The molecule has 98 valence electrons. The van der Waals surface area contributed by atoms with Crippen LogP contribution in [0.25, 0.3) is 0 Å². The molecule has 0 bridgehead atoms. The fourth-order valence-corrected chi connectivity index (χ4v) is 2.30. The first-order valence-electron chi connectivity index (χ1n) is 5.74. The molecule has 1 saturated heterocycles. The van der Waals surface area contributed by atoms with Gasteiger partial charge in [0.05, 0.1) is 4.47 Å². The summed E-state index contributed by atoms with van der Waals surface area (Å²) in [6, 6.07) is 2.23. The van der Waals surface area contributed by atoms with Gasteiger partial charge in [0, 0.05) is 12.6 Å². The van der Waals surface area contributed by atoms with E-state index in [-0.39, 0.29) is 10.5 Å². The highest BCUT2D eigenvalue weighted by atomic mass is 79.9. The van der Waals surface area contributed by atoms with Crippen LogP contribution in [0.3, 0.4) is 0 Å². The van der Waals surface area contributed by atoms with Crippen LogP contribution in [0, 0.1) is 11.6 Å². The minimum Gasteiger partial charge on any atom is -0.348 e. The Morgan fingerprint density at radius 3 is 2.89 bits per heavy atom. The van der Waals surface area contributed by atoms with Crippen molar-refractivity contribution in [1.82, 2.24) is 10.6 Å². The van der Waals surface area contributed by atoms with E-state index in [0.717, 1.165) is 25.5 Å². The Labute approximate surface area is 112 Å². The van der Waals surface area contributed by atoms with Gasteiger partial charge in [-0.15, -0.1) is 0 Å². The third-order valence-electron chi connectivity index (χ3n) is 2.90. The number of carbonyl (C=O) groups excluding carboxylic acids is 1. The first-order chi connectivity index (χ1) is 8.59. The second-order valence-corrected chi connectivity index (χ2v) is 5.09. The maximum absolute atomic E-state index is 13.7. The van der Waals surface area contributed by atoms with Crippen LogP contribution in [0.1, 0.15) is 23.2 Å². The molecule has 2 N–H and O–H groups in total. The summed E-state index contributed by atoms with van der Waals surface area (Å²) in [4.78, 5) is 11.9. The van der Waals surface area contributed by atoms with Gasteiger partial charge >= 0.3 is 0 Å². The lowest BCUT2D eigenvalue weighted by atomic mass is 10.1. The zero-order chi connectivity index (χ0) is 13.1. The molecule has 1 aromatic rings. The zero-order valence-electron chi connectivity index (χ0n) is 9.60. The molecule has 0 spiro atoms. The number of hydrogen-bond acceptors (Lipinski definition) is 2. The molecule has 3 nitrogen and oxygen atoms in total. The minimum absolute atomic E-state index is 0.0795. The zero-order valence-corrected chi connectivity index (χ0v) is 11.2. The fraction of sp³-hybridized carbons (Fsp3) is 0.417. The number of hydrogen-bond donors (Lipinski definition) is 2. The summed E-state index contributed by atoms with van der Waals surface area (Å²) < 4.78 is 27.3. The van der Waals surface area contributed by atoms with Crippen molar-refractivity contribution in [3.63, 3.8) is 0 Å². The van der Waals surface area contributed by atoms with Crippen molar-refractivity contribution < 1.29 is 13.6 Å². The lowest BCUT2D eigenvalue weighted by Crippen LogP contribution is -2.46. The van der Waals surface area contributed by atoms with E-state index in [9.17, 15) is 13.6 Å². The number of amides is 1. The molecule has 0 aliphatic carbocycles. The van der Waals surface area contributed by atoms with Gasteiger partial charge in [0.15, 0.2) is 5.82 Å². The van der Waals surface area contributed by atoms with Gasteiger partial charge in [-0.25, -0.2) is 8.78 Å². The normalized spacial score (nSPS) is 19.6. The largest absolute Gasteiger partial charge is 0.348 e. The van der Waals surface area contributed by atoms with Crippen molar-refractivity contribution in [2.75, 3.05) is 13.1 Å². The Balaban J connectivity index is 2.15. The second kappa shape index (κ2) is 5.75. The minimum atomic E-state index is -0.865. The van der Waals surface area contributed by atoms with Crippen LogP contribution in [-0.4, -0.2) is 25.0 Å². The van der Waals surface area contributed by atoms with E-state index in [0.29, 0.717) is 6.54 Å². The lowest BCUT2D eigenvalue weighted by Gasteiger charge is -2.24. The molecule has 1 heterocycles. The highest BCUT2D eigenvalue weighted by Gasteiger charge is 2.23. The first kappa shape index (κ1) is 13.4. The van der Waals surface area contributed by atoms with Crippen LogP contribution < -0.4 is 10.6 Å². The molecule has 0 unspecified atom stereocenters. The summed E-state index contributed by atoms with van der Waals surface area (Å²) in [6.07, 6.45) is 1.75. The molecule has 1 aromatic carbocycles.